The molecule has 0 unspecified atom stereocenters. The van der Waals surface area contributed by atoms with Gasteiger partial charge in [-0.1, -0.05) is 31.0 Å². The summed E-state index contributed by atoms with van der Waals surface area (Å²) in [7, 11) is -2.10. The number of nitrogens with one attached hydrogen (secondary N) is 2. The molecule has 1 aliphatic rings. The van der Waals surface area contributed by atoms with Gasteiger partial charge in [0, 0.05) is 18.3 Å². The molecule has 0 aliphatic heterocycles. The summed E-state index contributed by atoms with van der Waals surface area (Å²) in [4.78, 5) is 11.7. The molecule has 2 N–H and O–H groups in total. The molecule has 0 bridgehead atoms. The fourth-order valence-corrected chi connectivity index (χ4v) is 5.85. The molecule has 2 heterocycles. The average Bonchev–Trinajstić information content (AvgIpc) is 3.48. The molecule has 4 rings (SSSR count). The van der Waals surface area contributed by atoms with E-state index in [9.17, 15) is 13.2 Å². The number of carbonyl (C=O) groups is 1. The lowest BCUT2D eigenvalue weighted by molar-refractivity contribution is -0.117. The van der Waals surface area contributed by atoms with Crippen LogP contribution in [-0.2, 0) is 27.9 Å². The Balaban J connectivity index is 1.47. The summed E-state index contributed by atoms with van der Waals surface area (Å²) < 4.78 is 40.8. The molecular formula is C24H28N6O5S. The Hall–Kier alpha value is -3.85. The molecule has 1 saturated carbocycles. The van der Waals surface area contributed by atoms with E-state index >= 15 is 0 Å². The molecular weight excluding hydrogens is 484 g/mol. The van der Waals surface area contributed by atoms with Gasteiger partial charge in [-0.05, 0) is 36.5 Å². The zero-order chi connectivity index (χ0) is 25.7. The Morgan fingerprint density at radius 3 is 2.81 bits per heavy atom. The van der Waals surface area contributed by atoms with Crippen LogP contribution >= 0.6 is 0 Å². The van der Waals surface area contributed by atoms with Crippen molar-refractivity contribution in [3.05, 3.63) is 47.8 Å². The zero-order valence-corrected chi connectivity index (χ0v) is 20.8. The van der Waals surface area contributed by atoms with Gasteiger partial charge in [-0.25, -0.2) is 8.42 Å². The third kappa shape index (κ3) is 6.04. The summed E-state index contributed by atoms with van der Waals surface area (Å²) in [6.45, 7) is 3.95. The van der Waals surface area contributed by atoms with Crippen molar-refractivity contribution < 1.29 is 22.5 Å². The maximum atomic E-state index is 12.8. The van der Waals surface area contributed by atoms with E-state index in [0.29, 0.717) is 23.3 Å². The third-order valence-electron chi connectivity index (χ3n) is 6.14. The minimum absolute atomic E-state index is 0.0640. The lowest BCUT2D eigenvalue weighted by atomic mass is 9.91. The van der Waals surface area contributed by atoms with Gasteiger partial charge in [-0.3, -0.25) is 14.2 Å². The van der Waals surface area contributed by atoms with Crippen molar-refractivity contribution >= 4 is 32.7 Å². The number of nitrogens with zero attached hydrogens (tertiary/aromatic N) is 4. The van der Waals surface area contributed by atoms with Crippen molar-refractivity contribution in [2.24, 2.45) is 5.92 Å². The smallest absolute Gasteiger partial charge is 0.261 e. The number of aromatic nitrogens is 3. The normalized spacial score (nSPS) is 14.3. The van der Waals surface area contributed by atoms with E-state index in [1.807, 2.05) is 0 Å². The Kier molecular flexibility index (Phi) is 7.59. The number of sulfonamides is 1. The highest BCUT2D eigenvalue weighted by Gasteiger charge is 2.24. The molecule has 0 spiro atoms. The van der Waals surface area contributed by atoms with Crippen molar-refractivity contribution in [2.45, 2.75) is 45.2 Å². The number of fused-ring (bicyclic) bond motifs is 1. The monoisotopic (exact) mass is 512 g/mol. The summed E-state index contributed by atoms with van der Waals surface area (Å²) in [5.74, 6) is 0.222. The summed E-state index contributed by atoms with van der Waals surface area (Å²) in [5, 5.41) is 20.0. The molecule has 2 aromatic heterocycles. The second-order valence-electron chi connectivity index (χ2n) is 8.91. The number of anilines is 1. The first-order chi connectivity index (χ1) is 17.3. The Morgan fingerprint density at radius 1 is 1.31 bits per heavy atom. The number of hydrogen-bond donors (Lipinski definition) is 2. The van der Waals surface area contributed by atoms with Crippen molar-refractivity contribution in [1.29, 1.82) is 5.26 Å². The average molecular weight is 513 g/mol. The van der Waals surface area contributed by atoms with Crippen LogP contribution in [0.25, 0.3) is 11.0 Å². The number of rotatable bonds is 10. The molecule has 0 radical (unpaired) electrons. The van der Waals surface area contributed by atoms with Crippen molar-refractivity contribution in [1.82, 2.24) is 20.3 Å². The van der Waals surface area contributed by atoms with Crippen molar-refractivity contribution in [2.75, 3.05) is 17.6 Å². The first-order valence-corrected chi connectivity index (χ1v) is 13.3. The summed E-state index contributed by atoms with van der Waals surface area (Å²) in [5.41, 5.74) is 1.76. The highest BCUT2D eigenvalue weighted by Crippen LogP contribution is 2.35. The van der Waals surface area contributed by atoms with Crippen LogP contribution in [0.1, 0.15) is 43.2 Å². The second-order valence-corrected chi connectivity index (χ2v) is 10.7. The molecule has 3 aromatic rings. The highest BCUT2D eigenvalue weighted by molar-refractivity contribution is 7.92. The van der Waals surface area contributed by atoms with E-state index < -0.39 is 15.9 Å². The summed E-state index contributed by atoms with van der Waals surface area (Å²) in [6.07, 6.45) is 8.50. The standard InChI is InChI=1S/C24H28N6O5S/c1-16(10-25)24(31)26-11-19-12-27-30(14-19)13-18-8-20(34-2)22-21(9-18)35-28-23(22)29-36(32,33)15-17-6-4-3-5-7-17/h8-9,12,14,17H,1,3-7,11,13,15H2,2H3,(H,26,31)(H,28,29). The molecule has 11 nitrogen and oxygen atoms in total. The van der Waals surface area contributed by atoms with Gasteiger partial charge in [0.1, 0.15) is 22.8 Å². The van der Waals surface area contributed by atoms with E-state index in [2.05, 4.69) is 26.9 Å². The molecule has 36 heavy (non-hydrogen) atoms. The number of carbonyl (C=O) groups excluding carboxylic acids is 1. The van der Waals surface area contributed by atoms with Crippen LogP contribution in [0.15, 0.2) is 41.2 Å². The van der Waals surface area contributed by atoms with Gasteiger partial charge in [0.2, 0.25) is 10.0 Å². The van der Waals surface area contributed by atoms with Crippen LogP contribution in [0, 0.1) is 17.2 Å². The van der Waals surface area contributed by atoms with Crippen LogP contribution in [-0.4, -0.2) is 42.1 Å². The first kappa shape index (κ1) is 25.2. The quantitative estimate of drug-likeness (QED) is 0.310. The summed E-state index contributed by atoms with van der Waals surface area (Å²) in [6, 6.07) is 5.24. The van der Waals surface area contributed by atoms with Crippen LogP contribution in [0.5, 0.6) is 5.75 Å². The summed E-state index contributed by atoms with van der Waals surface area (Å²) >= 11 is 0. The molecule has 12 heteroatoms. The fourth-order valence-electron chi connectivity index (χ4n) is 4.38. The molecule has 1 amide bonds. The molecule has 1 aromatic carbocycles. The molecule has 1 aliphatic carbocycles. The maximum Gasteiger partial charge on any atom is 0.261 e. The van der Waals surface area contributed by atoms with Crippen LogP contribution in [0.2, 0.25) is 0 Å². The Bertz CT molecular complexity index is 1410. The van der Waals surface area contributed by atoms with E-state index in [-0.39, 0.29) is 29.6 Å². The van der Waals surface area contributed by atoms with Gasteiger partial charge in [0.05, 0.1) is 25.6 Å². The Morgan fingerprint density at radius 2 is 2.08 bits per heavy atom. The minimum Gasteiger partial charge on any atom is -0.496 e. The van der Waals surface area contributed by atoms with Crippen LogP contribution < -0.4 is 14.8 Å². The van der Waals surface area contributed by atoms with E-state index in [1.54, 1.807) is 35.3 Å². The van der Waals surface area contributed by atoms with Gasteiger partial charge in [0.15, 0.2) is 11.4 Å². The van der Waals surface area contributed by atoms with Crippen molar-refractivity contribution in [3.63, 3.8) is 0 Å². The van der Waals surface area contributed by atoms with Gasteiger partial charge in [-0.2, -0.15) is 10.4 Å². The van der Waals surface area contributed by atoms with Gasteiger partial charge in [0.25, 0.3) is 5.91 Å². The topological polar surface area (TPSA) is 152 Å². The first-order valence-electron chi connectivity index (χ1n) is 11.6. The molecule has 0 atom stereocenters. The highest BCUT2D eigenvalue weighted by atomic mass is 32.2. The van der Waals surface area contributed by atoms with E-state index in [0.717, 1.165) is 43.2 Å². The van der Waals surface area contributed by atoms with Gasteiger partial charge < -0.3 is 14.6 Å². The lowest BCUT2D eigenvalue weighted by Crippen LogP contribution is -2.24. The molecule has 1 fully saturated rings. The second kappa shape index (κ2) is 10.8. The number of nitriles is 1. The van der Waals surface area contributed by atoms with E-state index in [1.165, 1.54) is 7.11 Å². The maximum absolute atomic E-state index is 12.8. The molecule has 190 valence electrons. The molecule has 0 saturated heterocycles. The zero-order valence-electron chi connectivity index (χ0n) is 20.0. The fraction of sp³-hybridized carbons (Fsp3) is 0.417. The van der Waals surface area contributed by atoms with Crippen molar-refractivity contribution in [3.8, 4) is 11.8 Å². The lowest BCUT2D eigenvalue weighted by Gasteiger charge is -2.21. The number of amides is 1. The SMILES string of the molecule is C=C(C#N)C(=O)NCc1cnn(Cc2cc(OC)c3c(NS(=O)(=O)CC4CCCCC4)noc3c2)c1. The number of hydrogen-bond acceptors (Lipinski definition) is 8. The number of ether oxygens (including phenoxy) is 1. The Labute approximate surface area is 209 Å². The third-order valence-corrected chi connectivity index (χ3v) is 7.56. The largest absolute Gasteiger partial charge is 0.496 e. The van der Waals surface area contributed by atoms with Crippen LogP contribution in [0.4, 0.5) is 5.82 Å². The minimum atomic E-state index is -3.59. The number of benzene rings is 1. The van der Waals surface area contributed by atoms with Gasteiger partial charge >= 0.3 is 0 Å². The number of methoxy groups -OCH3 is 1. The van der Waals surface area contributed by atoms with Gasteiger partial charge in [-0.15, -0.1) is 0 Å². The van der Waals surface area contributed by atoms with Crippen LogP contribution in [0.3, 0.4) is 0 Å². The van der Waals surface area contributed by atoms with E-state index in [4.69, 9.17) is 14.5 Å². The predicted molar refractivity (Wildman–Crippen MR) is 132 cm³/mol. The predicted octanol–water partition coefficient (Wildman–Crippen LogP) is 3.10.